The number of fused-ring (bicyclic) bond motifs is 1. The maximum Gasteiger partial charge on any atom is 0.415 e. The molecule has 3 rings (SSSR count). The monoisotopic (exact) mass is 362 g/mol. The van der Waals surface area contributed by atoms with Crippen LogP contribution in [0.25, 0.3) is 11.1 Å². The second-order valence-corrected chi connectivity index (χ2v) is 6.91. The van der Waals surface area contributed by atoms with Gasteiger partial charge in [-0.1, -0.05) is 0 Å². The first-order valence-electron chi connectivity index (χ1n) is 8.19. The molecule has 0 unspecified atom stereocenters. The van der Waals surface area contributed by atoms with Crippen LogP contribution in [0.4, 0.5) is 10.5 Å². The van der Waals surface area contributed by atoms with Crippen LogP contribution in [0.2, 0.25) is 0 Å². The third kappa shape index (κ3) is 3.00. The van der Waals surface area contributed by atoms with E-state index in [4.69, 9.17) is 14.0 Å². The molecule has 1 N–H and O–H groups in total. The number of rotatable bonds is 3. The standard InChI is InChI=1S/C17H22N4O5/c1-17(2,3)21-11-7-6-10(8-12(11)25-15(21)19-24-5)20-9-13(14(22)18-4)26-16(20)23/h6-8,13H,9H2,1-5H3,(H,18,22)/t13-/m1/s1. The first-order chi connectivity index (χ1) is 12.3. The Bertz CT molecular complexity index is 921. The number of nitrogens with zero attached hydrogens (tertiary/aromatic N) is 3. The lowest BCUT2D eigenvalue weighted by Gasteiger charge is -2.21. The molecular formula is C17H22N4O5. The molecule has 9 heteroatoms. The summed E-state index contributed by atoms with van der Waals surface area (Å²) in [7, 11) is 2.95. The third-order valence-electron chi connectivity index (χ3n) is 4.08. The van der Waals surface area contributed by atoms with Gasteiger partial charge in [0.1, 0.15) is 7.11 Å². The number of carbonyl (C=O) groups excluding carboxylic acids is 2. The molecule has 2 heterocycles. The number of ether oxygens (including phenoxy) is 1. The molecule has 2 aromatic rings. The highest BCUT2D eigenvalue weighted by molar-refractivity contribution is 5.96. The van der Waals surface area contributed by atoms with Crippen LogP contribution in [-0.4, -0.2) is 43.4 Å². The van der Waals surface area contributed by atoms with Gasteiger partial charge in [-0.25, -0.2) is 4.79 Å². The number of likely N-dealkylation sites (N-methyl/N-ethyl adjacent to an activating group) is 1. The smallest absolute Gasteiger partial charge is 0.415 e. The van der Waals surface area contributed by atoms with E-state index in [1.807, 2.05) is 31.4 Å². The molecule has 1 fully saturated rings. The normalized spacial score (nSPS) is 18.3. The Hall–Kier alpha value is -2.97. The van der Waals surface area contributed by atoms with E-state index in [1.54, 1.807) is 12.1 Å². The Kier molecular flexibility index (Phi) is 4.39. The van der Waals surface area contributed by atoms with Gasteiger partial charge in [-0.15, -0.1) is 0 Å². The van der Waals surface area contributed by atoms with Crippen molar-refractivity contribution in [2.75, 3.05) is 25.6 Å². The average Bonchev–Trinajstić information content (AvgIpc) is 3.13. The quantitative estimate of drug-likeness (QED) is 0.835. The van der Waals surface area contributed by atoms with Crippen molar-refractivity contribution in [1.82, 2.24) is 9.88 Å². The topological polar surface area (TPSA) is 98.3 Å². The predicted octanol–water partition coefficient (Wildman–Crippen LogP) is 1.52. The molecule has 1 aliphatic rings. The summed E-state index contributed by atoms with van der Waals surface area (Å²) in [6.07, 6.45) is -1.41. The molecule has 0 radical (unpaired) electrons. The van der Waals surface area contributed by atoms with E-state index in [2.05, 4.69) is 10.5 Å². The van der Waals surface area contributed by atoms with E-state index in [0.717, 1.165) is 5.52 Å². The molecule has 0 aliphatic carbocycles. The summed E-state index contributed by atoms with van der Waals surface area (Å²) < 4.78 is 12.8. The Morgan fingerprint density at radius 3 is 2.73 bits per heavy atom. The molecule has 140 valence electrons. The molecule has 1 aliphatic heterocycles. The number of nitrogens with one attached hydrogen (secondary N) is 1. The van der Waals surface area contributed by atoms with Crippen LogP contribution < -0.4 is 15.9 Å². The van der Waals surface area contributed by atoms with Gasteiger partial charge in [0.05, 0.1) is 17.7 Å². The average molecular weight is 362 g/mol. The lowest BCUT2D eigenvalue weighted by atomic mass is 10.1. The fraction of sp³-hybridized carbons (Fsp3) is 0.471. The third-order valence-corrected chi connectivity index (χ3v) is 4.08. The van der Waals surface area contributed by atoms with Gasteiger partial charge in [0.15, 0.2) is 11.7 Å². The van der Waals surface area contributed by atoms with Crippen molar-refractivity contribution in [2.24, 2.45) is 5.16 Å². The zero-order valence-electron chi connectivity index (χ0n) is 15.4. The summed E-state index contributed by atoms with van der Waals surface area (Å²) in [6.45, 7) is 6.21. The molecule has 1 aromatic heterocycles. The van der Waals surface area contributed by atoms with Gasteiger partial charge in [0.25, 0.3) is 5.91 Å². The van der Waals surface area contributed by atoms with Gasteiger partial charge in [-0.05, 0) is 38.1 Å². The highest BCUT2D eigenvalue weighted by atomic mass is 16.6. The number of oxazole rings is 1. The molecule has 0 spiro atoms. The highest BCUT2D eigenvalue weighted by Gasteiger charge is 2.36. The zero-order valence-corrected chi connectivity index (χ0v) is 15.4. The summed E-state index contributed by atoms with van der Waals surface area (Å²) >= 11 is 0. The van der Waals surface area contributed by atoms with Gasteiger partial charge in [-0.2, -0.15) is 0 Å². The lowest BCUT2D eigenvalue weighted by Crippen LogP contribution is -2.35. The van der Waals surface area contributed by atoms with Gasteiger partial charge in [0.2, 0.25) is 0 Å². The molecule has 1 atom stereocenters. The van der Waals surface area contributed by atoms with Crippen molar-refractivity contribution in [3.63, 3.8) is 0 Å². The van der Waals surface area contributed by atoms with Crippen molar-refractivity contribution in [3.8, 4) is 0 Å². The number of carbonyl (C=O) groups is 2. The molecule has 0 saturated carbocycles. The van der Waals surface area contributed by atoms with Crippen LogP contribution in [0.1, 0.15) is 20.8 Å². The number of aromatic nitrogens is 1. The minimum atomic E-state index is -0.835. The van der Waals surface area contributed by atoms with Crippen molar-refractivity contribution < 1.29 is 23.6 Å². The highest BCUT2D eigenvalue weighted by Crippen LogP contribution is 2.28. The van der Waals surface area contributed by atoms with E-state index in [-0.39, 0.29) is 18.0 Å². The number of benzene rings is 1. The Morgan fingerprint density at radius 2 is 2.12 bits per heavy atom. The van der Waals surface area contributed by atoms with Crippen molar-refractivity contribution in [2.45, 2.75) is 32.4 Å². The van der Waals surface area contributed by atoms with E-state index in [9.17, 15) is 9.59 Å². The molecular weight excluding hydrogens is 340 g/mol. The summed E-state index contributed by atoms with van der Waals surface area (Å²) in [4.78, 5) is 30.1. The zero-order chi connectivity index (χ0) is 19.1. The molecule has 2 amide bonds. The largest absolute Gasteiger partial charge is 0.434 e. The van der Waals surface area contributed by atoms with Crippen LogP contribution >= 0.6 is 0 Å². The van der Waals surface area contributed by atoms with Crippen LogP contribution in [-0.2, 0) is 19.9 Å². The van der Waals surface area contributed by atoms with E-state index in [0.29, 0.717) is 17.0 Å². The van der Waals surface area contributed by atoms with Gasteiger partial charge < -0.3 is 19.3 Å². The fourth-order valence-electron chi connectivity index (χ4n) is 2.94. The van der Waals surface area contributed by atoms with Gasteiger partial charge in [0, 0.05) is 18.7 Å². The van der Waals surface area contributed by atoms with E-state index >= 15 is 0 Å². The van der Waals surface area contributed by atoms with E-state index in [1.165, 1.54) is 19.1 Å². The molecule has 0 bridgehead atoms. The summed E-state index contributed by atoms with van der Waals surface area (Å²) in [5.41, 5.74) is 1.96. The SMILES string of the molecule is CNC(=O)[C@H]1CN(c2ccc3c(c2)oc(=NOC)n3C(C)(C)C)C(=O)O1. The Labute approximate surface area is 150 Å². The molecule has 9 nitrogen and oxygen atoms in total. The lowest BCUT2D eigenvalue weighted by molar-refractivity contribution is -0.127. The van der Waals surface area contributed by atoms with Gasteiger partial charge >= 0.3 is 11.8 Å². The van der Waals surface area contributed by atoms with E-state index < -0.39 is 12.2 Å². The minimum absolute atomic E-state index is 0.138. The second kappa shape index (κ2) is 6.40. The number of hydrogen-bond acceptors (Lipinski definition) is 6. The van der Waals surface area contributed by atoms with Crippen LogP contribution in [0, 0.1) is 0 Å². The minimum Gasteiger partial charge on any atom is -0.434 e. The second-order valence-electron chi connectivity index (χ2n) is 6.91. The predicted molar refractivity (Wildman–Crippen MR) is 93.5 cm³/mol. The summed E-state index contributed by atoms with van der Waals surface area (Å²) in [5, 5.41) is 6.42. The van der Waals surface area contributed by atoms with Gasteiger partial charge in [-0.3, -0.25) is 14.3 Å². The first-order valence-corrected chi connectivity index (χ1v) is 8.19. The molecule has 1 saturated heterocycles. The first kappa shape index (κ1) is 17.8. The number of hydrogen-bond donors (Lipinski definition) is 1. The van der Waals surface area contributed by atoms with Crippen molar-refractivity contribution in [3.05, 3.63) is 23.9 Å². The number of cyclic esters (lactones) is 1. The Morgan fingerprint density at radius 1 is 1.38 bits per heavy atom. The van der Waals surface area contributed by atoms with Crippen molar-refractivity contribution in [1.29, 1.82) is 0 Å². The van der Waals surface area contributed by atoms with Crippen molar-refractivity contribution >= 4 is 28.8 Å². The number of anilines is 1. The summed E-state index contributed by atoms with van der Waals surface area (Å²) in [6, 6.07) is 5.35. The maximum absolute atomic E-state index is 12.1. The maximum atomic E-state index is 12.1. The van der Waals surface area contributed by atoms with Crippen LogP contribution in [0.15, 0.2) is 27.8 Å². The molecule has 26 heavy (non-hydrogen) atoms. The number of amides is 2. The Balaban J connectivity index is 2.05. The van der Waals surface area contributed by atoms with Crippen LogP contribution in [0.5, 0.6) is 0 Å². The molecule has 1 aromatic carbocycles. The summed E-state index contributed by atoms with van der Waals surface area (Å²) in [5.74, 6) is -0.341. The fourth-order valence-corrected chi connectivity index (χ4v) is 2.94. The van der Waals surface area contributed by atoms with Crippen LogP contribution in [0.3, 0.4) is 0 Å².